The lowest BCUT2D eigenvalue weighted by Gasteiger charge is -2.13. The van der Waals surface area contributed by atoms with E-state index in [1.54, 1.807) is 24.8 Å². The Morgan fingerprint density at radius 3 is 1.46 bits per heavy atom. The number of hydrogen-bond donors (Lipinski definition) is 4. The quantitative estimate of drug-likeness (QED) is 0.462. The molecule has 3 aromatic rings. The summed E-state index contributed by atoms with van der Waals surface area (Å²) in [7, 11) is 0. The third-order valence-corrected chi connectivity index (χ3v) is 4.25. The second kappa shape index (κ2) is 10.3. The lowest BCUT2D eigenvalue weighted by molar-refractivity contribution is 0.916. The number of rotatable bonds is 6. The van der Waals surface area contributed by atoms with E-state index >= 15 is 0 Å². The molecule has 28 heavy (non-hydrogen) atoms. The van der Waals surface area contributed by atoms with Gasteiger partial charge in [0.2, 0.25) is 0 Å². The van der Waals surface area contributed by atoms with Crippen molar-refractivity contribution in [2.24, 2.45) is 0 Å². The third kappa shape index (κ3) is 6.57. The molecule has 0 aliphatic rings. The van der Waals surface area contributed by atoms with Crippen LogP contribution in [-0.4, -0.2) is 20.2 Å². The van der Waals surface area contributed by atoms with Crippen molar-refractivity contribution < 1.29 is 0 Å². The predicted molar refractivity (Wildman–Crippen MR) is 121 cm³/mol. The minimum absolute atomic E-state index is 0.554. The minimum Gasteiger partial charge on any atom is -0.358 e. The number of aromatic nitrogens is 2. The number of thiocarbonyl (C=S) groups is 2. The van der Waals surface area contributed by atoms with Gasteiger partial charge in [-0.05, 0) is 72.0 Å². The highest BCUT2D eigenvalue weighted by Crippen LogP contribution is 2.13. The second-order valence-corrected chi connectivity index (χ2v) is 6.73. The Labute approximate surface area is 174 Å². The zero-order valence-electron chi connectivity index (χ0n) is 15.1. The fourth-order valence-corrected chi connectivity index (χ4v) is 2.74. The molecule has 0 aliphatic carbocycles. The van der Waals surface area contributed by atoms with E-state index in [0.29, 0.717) is 23.3 Å². The van der Waals surface area contributed by atoms with Gasteiger partial charge in [0.05, 0.1) is 0 Å². The van der Waals surface area contributed by atoms with Crippen LogP contribution in [0.15, 0.2) is 73.3 Å². The Balaban J connectivity index is 1.42. The van der Waals surface area contributed by atoms with Crippen LogP contribution in [0.1, 0.15) is 11.1 Å². The van der Waals surface area contributed by atoms with Crippen LogP contribution >= 0.6 is 24.4 Å². The highest BCUT2D eigenvalue weighted by atomic mass is 32.1. The summed E-state index contributed by atoms with van der Waals surface area (Å²) in [5, 5.41) is 13.7. The van der Waals surface area contributed by atoms with Crippen LogP contribution in [0.3, 0.4) is 0 Å². The molecule has 0 fully saturated rings. The molecular weight excluding hydrogens is 388 g/mol. The Kier molecular flexibility index (Phi) is 7.22. The predicted octanol–water partition coefficient (Wildman–Crippen LogP) is 3.45. The first-order valence-electron chi connectivity index (χ1n) is 8.66. The lowest BCUT2D eigenvalue weighted by atomic mass is 10.3. The summed E-state index contributed by atoms with van der Waals surface area (Å²) in [5.74, 6) is 0. The van der Waals surface area contributed by atoms with Crippen molar-refractivity contribution in [3.8, 4) is 0 Å². The lowest BCUT2D eigenvalue weighted by Crippen LogP contribution is -2.28. The average molecular weight is 409 g/mol. The molecule has 6 nitrogen and oxygen atoms in total. The maximum atomic E-state index is 5.32. The molecular formula is C20H20N6S2. The van der Waals surface area contributed by atoms with Crippen LogP contribution < -0.4 is 21.3 Å². The van der Waals surface area contributed by atoms with Crippen LogP contribution in [-0.2, 0) is 13.1 Å². The summed E-state index contributed by atoms with van der Waals surface area (Å²) in [4.78, 5) is 8.16. The highest BCUT2D eigenvalue weighted by Gasteiger charge is 2.01. The standard InChI is InChI=1S/C20H20N6S2/c27-19(23-13-15-3-1-9-21-11-15)25-17-5-7-18(8-6-17)26-20(28)24-14-16-4-2-10-22-12-16/h1-12H,13-14H2,(H2,23,25,27)(H2,24,26,28). The van der Waals surface area contributed by atoms with Gasteiger partial charge in [0.25, 0.3) is 0 Å². The van der Waals surface area contributed by atoms with Gasteiger partial charge in [0.15, 0.2) is 10.2 Å². The third-order valence-electron chi connectivity index (χ3n) is 3.75. The number of hydrogen-bond acceptors (Lipinski definition) is 4. The maximum absolute atomic E-state index is 5.32. The molecule has 0 aliphatic heterocycles. The Morgan fingerprint density at radius 1 is 0.679 bits per heavy atom. The van der Waals surface area contributed by atoms with Crippen molar-refractivity contribution in [2.45, 2.75) is 13.1 Å². The zero-order chi connectivity index (χ0) is 19.6. The molecule has 0 spiro atoms. The van der Waals surface area contributed by atoms with E-state index in [4.69, 9.17) is 24.4 Å². The van der Waals surface area contributed by atoms with Crippen LogP contribution in [0.25, 0.3) is 0 Å². The second-order valence-electron chi connectivity index (χ2n) is 5.92. The molecule has 0 radical (unpaired) electrons. The van der Waals surface area contributed by atoms with Gasteiger partial charge in [-0.15, -0.1) is 0 Å². The van der Waals surface area contributed by atoms with E-state index in [9.17, 15) is 0 Å². The first kappa shape index (κ1) is 19.7. The van der Waals surface area contributed by atoms with Crippen LogP contribution in [0, 0.1) is 0 Å². The molecule has 4 N–H and O–H groups in total. The Morgan fingerprint density at radius 2 is 1.11 bits per heavy atom. The van der Waals surface area contributed by atoms with Gasteiger partial charge in [-0.3, -0.25) is 9.97 Å². The largest absolute Gasteiger partial charge is 0.358 e. The van der Waals surface area contributed by atoms with Crippen molar-refractivity contribution in [3.05, 3.63) is 84.4 Å². The van der Waals surface area contributed by atoms with E-state index in [1.165, 1.54) is 0 Å². The van der Waals surface area contributed by atoms with Gasteiger partial charge in [-0.1, -0.05) is 12.1 Å². The van der Waals surface area contributed by atoms with Crippen LogP contribution in [0.2, 0.25) is 0 Å². The van der Waals surface area contributed by atoms with Crippen molar-refractivity contribution >= 4 is 46.0 Å². The summed E-state index contributed by atoms with van der Waals surface area (Å²) in [6.07, 6.45) is 7.11. The van der Waals surface area contributed by atoms with E-state index in [1.807, 2.05) is 48.5 Å². The van der Waals surface area contributed by atoms with Crippen molar-refractivity contribution in [1.29, 1.82) is 0 Å². The molecule has 2 aromatic heterocycles. The zero-order valence-corrected chi connectivity index (χ0v) is 16.7. The maximum Gasteiger partial charge on any atom is 0.171 e. The molecule has 0 amide bonds. The number of anilines is 2. The van der Waals surface area contributed by atoms with Gasteiger partial charge < -0.3 is 21.3 Å². The first-order chi connectivity index (χ1) is 13.7. The van der Waals surface area contributed by atoms with Gasteiger partial charge in [-0.25, -0.2) is 0 Å². The number of benzene rings is 1. The van der Waals surface area contributed by atoms with Crippen molar-refractivity contribution in [3.63, 3.8) is 0 Å². The highest BCUT2D eigenvalue weighted by molar-refractivity contribution is 7.80. The Bertz CT molecular complexity index is 824. The van der Waals surface area contributed by atoms with Crippen molar-refractivity contribution in [1.82, 2.24) is 20.6 Å². The van der Waals surface area contributed by atoms with E-state index in [-0.39, 0.29) is 0 Å². The molecule has 8 heteroatoms. The fourth-order valence-electron chi connectivity index (χ4n) is 2.36. The summed E-state index contributed by atoms with van der Waals surface area (Å²) in [5.41, 5.74) is 3.92. The van der Waals surface area contributed by atoms with Crippen LogP contribution in [0.4, 0.5) is 11.4 Å². The molecule has 0 unspecified atom stereocenters. The average Bonchev–Trinajstić information content (AvgIpc) is 2.74. The summed E-state index contributed by atoms with van der Waals surface area (Å²) in [6.45, 7) is 1.24. The monoisotopic (exact) mass is 408 g/mol. The minimum atomic E-state index is 0.554. The van der Waals surface area contributed by atoms with E-state index in [0.717, 1.165) is 22.5 Å². The summed E-state index contributed by atoms with van der Waals surface area (Å²) >= 11 is 10.6. The SMILES string of the molecule is S=C(NCc1cccnc1)Nc1ccc(NC(=S)NCc2cccnc2)cc1. The van der Waals surface area contributed by atoms with E-state index in [2.05, 4.69) is 31.2 Å². The molecule has 1 aromatic carbocycles. The molecule has 0 saturated heterocycles. The molecule has 0 saturated carbocycles. The Hall–Kier alpha value is -3.10. The fraction of sp³-hybridized carbons (Fsp3) is 0.100. The smallest absolute Gasteiger partial charge is 0.171 e. The topological polar surface area (TPSA) is 73.9 Å². The van der Waals surface area contributed by atoms with Crippen molar-refractivity contribution in [2.75, 3.05) is 10.6 Å². The first-order valence-corrected chi connectivity index (χ1v) is 9.48. The normalized spacial score (nSPS) is 10.0. The van der Waals surface area contributed by atoms with Gasteiger partial charge in [0.1, 0.15) is 0 Å². The number of pyridine rings is 2. The van der Waals surface area contributed by atoms with Gasteiger partial charge in [0, 0.05) is 49.3 Å². The van der Waals surface area contributed by atoms with E-state index < -0.39 is 0 Å². The molecule has 2 heterocycles. The number of nitrogens with zero attached hydrogens (tertiary/aromatic N) is 2. The summed E-state index contributed by atoms with van der Waals surface area (Å²) < 4.78 is 0. The van der Waals surface area contributed by atoms with Gasteiger partial charge >= 0.3 is 0 Å². The molecule has 3 rings (SSSR count). The van der Waals surface area contributed by atoms with Crippen LogP contribution in [0.5, 0.6) is 0 Å². The summed E-state index contributed by atoms with van der Waals surface area (Å²) in [6, 6.07) is 15.5. The molecule has 0 bridgehead atoms. The van der Waals surface area contributed by atoms with Gasteiger partial charge in [-0.2, -0.15) is 0 Å². The molecule has 142 valence electrons. The molecule has 0 atom stereocenters. The number of nitrogens with one attached hydrogen (secondary N) is 4.